The summed E-state index contributed by atoms with van der Waals surface area (Å²) in [7, 11) is 0. The van der Waals surface area contributed by atoms with Gasteiger partial charge in [0.05, 0.1) is 6.42 Å². The molecule has 6 N–H and O–H groups in total. The zero-order valence-corrected chi connectivity index (χ0v) is 15.1. The van der Waals surface area contributed by atoms with E-state index in [1.54, 1.807) is 24.3 Å². The van der Waals surface area contributed by atoms with E-state index in [0.29, 0.717) is 36.3 Å². The quantitative estimate of drug-likeness (QED) is 0.427. The van der Waals surface area contributed by atoms with Crippen LogP contribution < -0.4 is 27.6 Å². The Bertz CT molecular complexity index is 915. The summed E-state index contributed by atoms with van der Waals surface area (Å²) in [6.07, 6.45) is 1.89. The Morgan fingerprint density at radius 1 is 1.04 bits per heavy atom. The van der Waals surface area contributed by atoms with Crippen LogP contribution >= 0.6 is 0 Å². The van der Waals surface area contributed by atoms with Crippen LogP contribution in [-0.2, 0) is 22.4 Å². The third-order valence-corrected chi connectivity index (χ3v) is 3.80. The third kappa shape index (κ3) is 6.23. The molecule has 0 aliphatic carbocycles. The molecule has 0 aliphatic heterocycles. The summed E-state index contributed by atoms with van der Waals surface area (Å²) < 4.78 is 0. The SMILES string of the molecule is CC(=O)Nc1ccc(CC(=O)Nc2c(CCCCN)[nH]c(=O)[nH]c2=O)cc1. The van der Waals surface area contributed by atoms with Gasteiger partial charge in [0.15, 0.2) is 0 Å². The number of nitrogens with two attached hydrogens (primary N) is 1. The fourth-order valence-corrected chi connectivity index (χ4v) is 2.58. The highest BCUT2D eigenvalue weighted by Crippen LogP contribution is 2.12. The van der Waals surface area contributed by atoms with Crippen LogP contribution in [0.25, 0.3) is 0 Å². The van der Waals surface area contributed by atoms with E-state index in [4.69, 9.17) is 5.73 Å². The molecule has 0 radical (unpaired) electrons. The molecule has 9 nitrogen and oxygen atoms in total. The van der Waals surface area contributed by atoms with Gasteiger partial charge in [-0.1, -0.05) is 12.1 Å². The van der Waals surface area contributed by atoms with Gasteiger partial charge in [-0.3, -0.25) is 19.4 Å². The third-order valence-electron chi connectivity index (χ3n) is 3.80. The molecule has 27 heavy (non-hydrogen) atoms. The van der Waals surface area contributed by atoms with Crippen molar-refractivity contribution in [3.05, 3.63) is 56.4 Å². The lowest BCUT2D eigenvalue weighted by molar-refractivity contribution is -0.116. The first kappa shape index (κ1) is 20.1. The number of unbranched alkanes of at least 4 members (excludes halogenated alkanes) is 1. The molecule has 9 heteroatoms. The number of hydrogen-bond donors (Lipinski definition) is 5. The van der Waals surface area contributed by atoms with Crippen LogP contribution in [0.5, 0.6) is 0 Å². The molecule has 0 spiro atoms. The molecule has 1 heterocycles. The standard InChI is InChI=1S/C18H23N5O4/c1-11(24)20-13-7-5-12(6-8-13)10-15(25)22-16-14(4-2-3-9-19)21-18(27)23-17(16)26/h5-8H,2-4,9-10,19H2,1H3,(H,20,24)(H,22,25)(H2,21,23,26,27). The maximum atomic E-state index is 12.3. The molecule has 2 rings (SSSR count). The number of anilines is 2. The van der Waals surface area contributed by atoms with E-state index in [-0.39, 0.29) is 23.9 Å². The molecule has 0 atom stereocenters. The fourth-order valence-electron chi connectivity index (χ4n) is 2.58. The zero-order valence-electron chi connectivity index (χ0n) is 15.1. The second kappa shape index (κ2) is 9.48. The molecule has 0 fully saturated rings. The Kier molecular flexibility index (Phi) is 7.07. The first-order valence-corrected chi connectivity index (χ1v) is 8.61. The van der Waals surface area contributed by atoms with E-state index in [1.165, 1.54) is 6.92 Å². The van der Waals surface area contributed by atoms with Gasteiger partial charge in [0, 0.05) is 18.3 Å². The Hall–Kier alpha value is -3.20. The first-order valence-electron chi connectivity index (χ1n) is 8.61. The van der Waals surface area contributed by atoms with E-state index in [9.17, 15) is 19.2 Å². The van der Waals surface area contributed by atoms with Gasteiger partial charge in [-0.25, -0.2) is 4.79 Å². The predicted molar refractivity (Wildman–Crippen MR) is 103 cm³/mol. The number of amides is 2. The average Bonchev–Trinajstić information content (AvgIpc) is 2.59. The molecule has 0 saturated heterocycles. The molecule has 2 aromatic rings. The highest BCUT2D eigenvalue weighted by Gasteiger charge is 2.13. The van der Waals surface area contributed by atoms with Crippen molar-refractivity contribution in [1.29, 1.82) is 0 Å². The molecular weight excluding hydrogens is 350 g/mol. The molecule has 1 aromatic heterocycles. The van der Waals surface area contributed by atoms with Crippen LogP contribution in [0.3, 0.4) is 0 Å². The van der Waals surface area contributed by atoms with Gasteiger partial charge in [0.2, 0.25) is 11.8 Å². The average molecular weight is 373 g/mol. The fraction of sp³-hybridized carbons (Fsp3) is 0.333. The highest BCUT2D eigenvalue weighted by atomic mass is 16.2. The molecule has 0 bridgehead atoms. The molecular formula is C18H23N5O4. The van der Waals surface area contributed by atoms with Crippen LogP contribution in [0, 0.1) is 0 Å². The van der Waals surface area contributed by atoms with Crippen molar-refractivity contribution < 1.29 is 9.59 Å². The minimum atomic E-state index is -0.643. The van der Waals surface area contributed by atoms with Gasteiger partial charge in [0.25, 0.3) is 5.56 Å². The Morgan fingerprint density at radius 2 is 1.74 bits per heavy atom. The number of rotatable bonds is 8. The highest BCUT2D eigenvalue weighted by molar-refractivity contribution is 5.93. The maximum Gasteiger partial charge on any atom is 0.326 e. The molecule has 0 aliphatic rings. The largest absolute Gasteiger partial charge is 0.330 e. The van der Waals surface area contributed by atoms with Crippen LogP contribution in [0.1, 0.15) is 31.0 Å². The minimum Gasteiger partial charge on any atom is -0.330 e. The summed E-state index contributed by atoms with van der Waals surface area (Å²) in [5.74, 6) is -0.570. The van der Waals surface area contributed by atoms with Crippen molar-refractivity contribution in [2.75, 3.05) is 17.2 Å². The summed E-state index contributed by atoms with van der Waals surface area (Å²) >= 11 is 0. The van der Waals surface area contributed by atoms with Gasteiger partial charge in [-0.05, 0) is 43.5 Å². The molecule has 0 unspecified atom stereocenters. The molecule has 144 valence electrons. The number of aromatic nitrogens is 2. The summed E-state index contributed by atoms with van der Waals surface area (Å²) in [6.45, 7) is 1.91. The van der Waals surface area contributed by atoms with Crippen molar-refractivity contribution in [2.24, 2.45) is 5.73 Å². The molecule has 2 amide bonds. The lowest BCUT2D eigenvalue weighted by Crippen LogP contribution is -2.30. The zero-order chi connectivity index (χ0) is 19.8. The van der Waals surface area contributed by atoms with Crippen LogP contribution in [0.4, 0.5) is 11.4 Å². The van der Waals surface area contributed by atoms with E-state index < -0.39 is 11.2 Å². The van der Waals surface area contributed by atoms with E-state index >= 15 is 0 Å². The van der Waals surface area contributed by atoms with Gasteiger partial charge in [0.1, 0.15) is 5.69 Å². The Labute approximate surface area is 155 Å². The monoisotopic (exact) mass is 373 g/mol. The van der Waals surface area contributed by atoms with Gasteiger partial charge in [-0.2, -0.15) is 0 Å². The lowest BCUT2D eigenvalue weighted by atomic mass is 10.1. The number of nitrogens with one attached hydrogen (secondary N) is 4. The number of aromatic amines is 2. The summed E-state index contributed by atoms with van der Waals surface area (Å²) in [6, 6.07) is 6.80. The Balaban J connectivity index is 2.09. The number of benzene rings is 1. The van der Waals surface area contributed by atoms with E-state index in [1.807, 2.05) is 0 Å². The number of hydrogen-bond acceptors (Lipinski definition) is 5. The van der Waals surface area contributed by atoms with Crippen LogP contribution in [0.15, 0.2) is 33.9 Å². The van der Waals surface area contributed by atoms with Crippen molar-refractivity contribution in [3.63, 3.8) is 0 Å². The van der Waals surface area contributed by atoms with Crippen molar-refractivity contribution in [2.45, 2.75) is 32.6 Å². The summed E-state index contributed by atoms with van der Waals surface area (Å²) in [5.41, 5.74) is 5.98. The van der Waals surface area contributed by atoms with Crippen LogP contribution in [-0.4, -0.2) is 28.3 Å². The number of carbonyl (C=O) groups excluding carboxylic acids is 2. The number of H-pyrrole nitrogens is 2. The van der Waals surface area contributed by atoms with E-state index in [0.717, 1.165) is 6.42 Å². The minimum absolute atomic E-state index is 0.0428. The van der Waals surface area contributed by atoms with Gasteiger partial charge >= 0.3 is 5.69 Å². The van der Waals surface area contributed by atoms with Crippen molar-refractivity contribution in [1.82, 2.24) is 9.97 Å². The first-order chi connectivity index (χ1) is 12.9. The Morgan fingerprint density at radius 3 is 2.37 bits per heavy atom. The second-order valence-corrected chi connectivity index (χ2v) is 6.11. The van der Waals surface area contributed by atoms with Crippen molar-refractivity contribution >= 4 is 23.2 Å². The summed E-state index contributed by atoms with van der Waals surface area (Å²) in [5, 5.41) is 5.22. The van der Waals surface area contributed by atoms with E-state index in [2.05, 4.69) is 20.6 Å². The number of carbonyl (C=O) groups is 2. The summed E-state index contributed by atoms with van der Waals surface area (Å²) in [4.78, 5) is 51.6. The van der Waals surface area contributed by atoms with Gasteiger partial charge in [-0.15, -0.1) is 0 Å². The topological polar surface area (TPSA) is 150 Å². The normalized spacial score (nSPS) is 10.4. The second-order valence-electron chi connectivity index (χ2n) is 6.11. The smallest absolute Gasteiger partial charge is 0.326 e. The predicted octanol–water partition coefficient (Wildman–Crippen LogP) is 0.484. The lowest BCUT2D eigenvalue weighted by Gasteiger charge is -2.10. The molecule has 0 saturated carbocycles. The van der Waals surface area contributed by atoms with Crippen molar-refractivity contribution in [3.8, 4) is 0 Å². The number of aryl methyl sites for hydroxylation is 1. The molecule has 1 aromatic carbocycles. The van der Waals surface area contributed by atoms with Crippen LogP contribution in [0.2, 0.25) is 0 Å². The maximum absolute atomic E-state index is 12.3. The van der Waals surface area contributed by atoms with Gasteiger partial charge < -0.3 is 21.4 Å².